The maximum Gasteiger partial charge on any atom is 0.349 e. The maximum absolute atomic E-state index is 11.6. The van der Waals surface area contributed by atoms with Gasteiger partial charge in [0.2, 0.25) is 6.54 Å². The van der Waals surface area contributed by atoms with E-state index in [-0.39, 0.29) is 4.91 Å². The minimum atomic E-state index is -1.34. The van der Waals surface area contributed by atoms with Gasteiger partial charge in [0.05, 0.1) is 4.91 Å². The van der Waals surface area contributed by atoms with Crippen molar-refractivity contribution in [2.45, 2.75) is 19.6 Å². The van der Waals surface area contributed by atoms with Gasteiger partial charge in [-0.3, -0.25) is 10.1 Å². The molecular formula is C9H11NO6S. The first kappa shape index (κ1) is 13.5. The van der Waals surface area contributed by atoms with E-state index in [4.69, 9.17) is 9.47 Å². The predicted octanol–water partition coefficient (Wildman–Crippen LogP) is 0.716. The second-order valence-electron chi connectivity index (χ2n) is 3.67. The highest BCUT2D eigenvalue weighted by Crippen LogP contribution is 2.28. The van der Waals surface area contributed by atoms with Crippen molar-refractivity contribution in [1.29, 1.82) is 0 Å². The molecule has 1 aliphatic rings. The Labute approximate surface area is 101 Å². The molecular weight excluding hydrogens is 250 g/mol. The van der Waals surface area contributed by atoms with Gasteiger partial charge in [-0.25, -0.2) is 9.59 Å². The Morgan fingerprint density at radius 1 is 1.35 bits per heavy atom. The SMILES string of the molecule is CSC(C[N+](=O)[O-])=C1C(=O)OC(C)(C)OC1=O. The largest absolute Gasteiger partial charge is 0.419 e. The highest BCUT2D eigenvalue weighted by Gasteiger charge is 2.41. The average molecular weight is 261 g/mol. The number of carbonyl (C=O) groups is 2. The lowest BCUT2D eigenvalue weighted by Gasteiger charge is -2.30. The van der Waals surface area contributed by atoms with Gasteiger partial charge in [0, 0.05) is 18.8 Å². The van der Waals surface area contributed by atoms with Gasteiger partial charge in [-0.2, -0.15) is 0 Å². The molecule has 0 unspecified atom stereocenters. The number of hydrogen-bond donors (Lipinski definition) is 0. The molecule has 0 aliphatic carbocycles. The Balaban J connectivity index is 3.11. The predicted molar refractivity (Wildman–Crippen MR) is 58.7 cm³/mol. The number of carbonyl (C=O) groups excluding carboxylic acids is 2. The molecule has 1 rings (SSSR count). The van der Waals surface area contributed by atoms with Gasteiger partial charge in [-0.1, -0.05) is 0 Å². The van der Waals surface area contributed by atoms with Crippen molar-refractivity contribution in [3.63, 3.8) is 0 Å². The third-order valence-electron chi connectivity index (χ3n) is 1.88. The summed E-state index contributed by atoms with van der Waals surface area (Å²) in [7, 11) is 0. The molecule has 0 spiro atoms. The van der Waals surface area contributed by atoms with Crippen LogP contribution in [0.2, 0.25) is 0 Å². The van der Waals surface area contributed by atoms with Crippen LogP contribution >= 0.6 is 11.8 Å². The summed E-state index contributed by atoms with van der Waals surface area (Å²) in [4.78, 5) is 33.0. The molecule has 0 atom stereocenters. The number of nitro groups is 1. The van der Waals surface area contributed by atoms with Crippen LogP contribution in [0.5, 0.6) is 0 Å². The van der Waals surface area contributed by atoms with Crippen LogP contribution in [0, 0.1) is 10.1 Å². The Bertz CT molecular complexity index is 392. The van der Waals surface area contributed by atoms with Crippen molar-refractivity contribution in [2.24, 2.45) is 0 Å². The third-order valence-corrected chi connectivity index (χ3v) is 2.71. The smallest absolute Gasteiger partial charge is 0.349 e. The summed E-state index contributed by atoms with van der Waals surface area (Å²) in [5.41, 5.74) is -0.395. The van der Waals surface area contributed by atoms with Gasteiger partial charge < -0.3 is 9.47 Å². The standard InChI is InChI=1S/C9H11NO6S/c1-9(2)15-7(11)6(8(12)16-9)5(17-3)4-10(13)14/h4H2,1-3H3. The molecule has 0 aromatic carbocycles. The fraction of sp³-hybridized carbons (Fsp3) is 0.556. The van der Waals surface area contributed by atoms with Crippen LogP contribution in [-0.4, -0.2) is 35.4 Å². The summed E-state index contributed by atoms with van der Waals surface area (Å²) in [6.45, 7) is 2.21. The lowest BCUT2D eigenvalue weighted by Crippen LogP contribution is -2.42. The van der Waals surface area contributed by atoms with Gasteiger partial charge in [0.15, 0.2) is 5.57 Å². The van der Waals surface area contributed by atoms with Crippen LogP contribution in [0.1, 0.15) is 13.8 Å². The molecule has 0 aromatic heterocycles. The first-order chi connectivity index (χ1) is 7.76. The van der Waals surface area contributed by atoms with Gasteiger partial charge in [-0.15, -0.1) is 11.8 Å². The summed E-state index contributed by atoms with van der Waals surface area (Å²) in [6.07, 6.45) is 1.53. The van der Waals surface area contributed by atoms with Crippen LogP contribution in [0.25, 0.3) is 0 Å². The number of rotatable bonds is 3. The number of esters is 2. The normalized spacial score (nSPS) is 18.4. The lowest BCUT2D eigenvalue weighted by molar-refractivity contribution is -0.469. The third kappa shape index (κ3) is 3.19. The van der Waals surface area contributed by atoms with Gasteiger partial charge in [0.1, 0.15) is 0 Å². The van der Waals surface area contributed by atoms with Crippen LogP contribution in [0.4, 0.5) is 0 Å². The molecule has 17 heavy (non-hydrogen) atoms. The summed E-state index contributed by atoms with van der Waals surface area (Å²) in [6, 6.07) is 0. The highest BCUT2D eigenvalue weighted by atomic mass is 32.2. The zero-order valence-corrected chi connectivity index (χ0v) is 10.3. The van der Waals surface area contributed by atoms with Crippen molar-refractivity contribution >= 4 is 23.7 Å². The molecule has 1 fully saturated rings. The molecule has 94 valence electrons. The average Bonchev–Trinajstić information content (AvgIpc) is 2.12. The lowest BCUT2D eigenvalue weighted by atomic mass is 10.2. The number of nitrogens with zero attached hydrogens (tertiary/aromatic N) is 1. The van der Waals surface area contributed by atoms with Gasteiger partial charge >= 0.3 is 11.9 Å². The fourth-order valence-electron chi connectivity index (χ4n) is 1.24. The second-order valence-corrected chi connectivity index (χ2v) is 4.57. The molecule has 0 aromatic rings. The van der Waals surface area contributed by atoms with Gasteiger partial charge in [-0.05, 0) is 6.26 Å². The van der Waals surface area contributed by atoms with Gasteiger partial charge in [0.25, 0.3) is 5.79 Å². The Hall–Kier alpha value is -1.57. The van der Waals surface area contributed by atoms with E-state index in [1.165, 1.54) is 20.1 Å². The summed E-state index contributed by atoms with van der Waals surface area (Å²) in [5, 5.41) is 10.4. The van der Waals surface area contributed by atoms with Crippen LogP contribution in [0.3, 0.4) is 0 Å². The molecule has 1 heterocycles. The van der Waals surface area contributed by atoms with Crippen molar-refractivity contribution in [3.05, 3.63) is 20.6 Å². The van der Waals surface area contributed by atoms with Crippen molar-refractivity contribution in [3.8, 4) is 0 Å². The number of thioether (sulfide) groups is 1. The summed E-state index contributed by atoms with van der Waals surface area (Å²) in [5.74, 6) is -3.12. The molecule has 1 aliphatic heterocycles. The quantitative estimate of drug-likeness (QED) is 0.243. The van der Waals surface area contributed by atoms with E-state index >= 15 is 0 Å². The van der Waals surface area contributed by atoms with Crippen molar-refractivity contribution in [1.82, 2.24) is 0 Å². The number of hydrogen-bond acceptors (Lipinski definition) is 7. The highest BCUT2D eigenvalue weighted by molar-refractivity contribution is 8.02. The van der Waals surface area contributed by atoms with E-state index in [2.05, 4.69) is 0 Å². The Morgan fingerprint density at radius 2 is 1.82 bits per heavy atom. The molecule has 7 nitrogen and oxygen atoms in total. The molecule has 1 saturated heterocycles. The molecule has 0 radical (unpaired) electrons. The summed E-state index contributed by atoms with van der Waals surface area (Å²) < 4.78 is 9.69. The first-order valence-corrected chi connectivity index (χ1v) is 5.85. The fourth-order valence-corrected chi connectivity index (χ4v) is 1.85. The van der Waals surface area contributed by atoms with Crippen LogP contribution < -0.4 is 0 Å². The zero-order chi connectivity index (χ0) is 13.2. The molecule has 0 saturated carbocycles. The van der Waals surface area contributed by atoms with E-state index in [9.17, 15) is 19.7 Å². The van der Waals surface area contributed by atoms with Crippen LogP contribution in [-0.2, 0) is 19.1 Å². The van der Waals surface area contributed by atoms with E-state index in [1.54, 1.807) is 0 Å². The van der Waals surface area contributed by atoms with E-state index in [0.717, 1.165) is 11.8 Å². The summed E-state index contributed by atoms with van der Waals surface area (Å²) >= 11 is 0.949. The molecule has 0 bridgehead atoms. The van der Waals surface area contributed by atoms with E-state index in [1.807, 2.05) is 0 Å². The maximum atomic E-state index is 11.6. The Kier molecular flexibility index (Phi) is 3.76. The first-order valence-electron chi connectivity index (χ1n) is 4.62. The van der Waals surface area contributed by atoms with Crippen LogP contribution in [0.15, 0.2) is 10.5 Å². The van der Waals surface area contributed by atoms with E-state index < -0.39 is 34.8 Å². The minimum Gasteiger partial charge on any atom is -0.419 e. The molecule has 0 N–H and O–H groups in total. The van der Waals surface area contributed by atoms with E-state index in [0.29, 0.717) is 0 Å². The Morgan fingerprint density at radius 3 is 2.18 bits per heavy atom. The molecule has 8 heteroatoms. The molecule has 0 amide bonds. The topological polar surface area (TPSA) is 95.7 Å². The number of cyclic esters (lactones) is 2. The number of ether oxygens (including phenoxy) is 2. The second kappa shape index (κ2) is 4.74. The minimum absolute atomic E-state index is 0.0282. The van der Waals surface area contributed by atoms with Crippen molar-refractivity contribution in [2.75, 3.05) is 12.8 Å². The monoisotopic (exact) mass is 261 g/mol. The van der Waals surface area contributed by atoms with Crippen molar-refractivity contribution < 1.29 is 24.0 Å². The zero-order valence-electron chi connectivity index (χ0n) is 9.51.